The van der Waals surface area contributed by atoms with Crippen molar-refractivity contribution in [3.05, 3.63) is 23.2 Å². The lowest BCUT2D eigenvalue weighted by Gasteiger charge is -2.43. The molecule has 9 nitrogen and oxygen atoms in total. The number of carbonyl (C=O) groups is 4. The standard InChI is InChI=1S/C20H28N4O5/c1-11-7-19(4,5)10-20(8-11)17(27)24(18(28)21-20)9-15(25)22-23-16(26)14-6-12(2)29-13(14)3/h6,11H,7-10H2,1-5H3,(H,21,28)(H,22,25)(H,23,26)/t11-,20-/m1/s1. The predicted octanol–water partition coefficient (Wildman–Crippen LogP) is 1.79. The molecular formula is C20H28N4O5. The number of furan rings is 1. The van der Waals surface area contributed by atoms with Crippen LogP contribution in [-0.4, -0.2) is 40.7 Å². The Labute approximate surface area is 169 Å². The van der Waals surface area contributed by atoms with E-state index in [1.807, 2.05) is 0 Å². The van der Waals surface area contributed by atoms with E-state index in [1.165, 1.54) is 0 Å². The van der Waals surface area contributed by atoms with E-state index in [-0.39, 0.29) is 17.2 Å². The average molecular weight is 404 g/mol. The van der Waals surface area contributed by atoms with Gasteiger partial charge in [-0.3, -0.25) is 30.1 Å². The molecule has 3 N–H and O–H groups in total. The molecule has 0 bridgehead atoms. The number of hydrogen-bond acceptors (Lipinski definition) is 5. The highest BCUT2D eigenvalue weighted by Crippen LogP contribution is 2.46. The molecule has 9 heteroatoms. The number of rotatable bonds is 3. The molecule has 1 spiro atoms. The summed E-state index contributed by atoms with van der Waals surface area (Å²) in [4.78, 5) is 50.8. The van der Waals surface area contributed by atoms with Gasteiger partial charge in [0.2, 0.25) is 0 Å². The van der Waals surface area contributed by atoms with Crippen molar-refractivity contribution in [1.29, 1.82) is 0 Å². The van der Waals surface area contributed by atoms with Gasteiger partial charge in [-0.05, 0) is 50.5 Å². The van der Waals surface area contributed by atoms with Gasteiger partial charge in [-0.15, -0.1) is 0 Å². The smallest absolute Gasteiger partial charge is 0.325 e. The third-order valence-electron chi connectivity index (χ3n) is 5.53. The Morgan fingerprint density at radius 3 is 2.52 bits per heavy atom. The van der Waals surface area contributed by atoms with E-state index >= 15 is 0 Å². The van der Waals surface area contributed by atoms with Crippen LogP contribution in [0.4, 0.5) is 4.79 Å². The summed E-state index contributed by atoms with van der Waals surface area (Å²) in [5.74, 6) is -0.306. The van der Waals surface area contributed by atoms with E-state index in [1.54, 1.807) is 19.9 Å². The second-order valence-electron chi connectivity index (χ2n) is 9.09. The largest absolute Gasteiger partial charge is 0.466 e. The first-order valence-corrected chi connectivity index (χ1v) is 9.73. The summed E-state index contributed by atoms with van der Waals surface area (Å²) in [6, 6.07) is 0.979. The molecular weight excluding hydrogens is 376 g/mol. The summed E-state index contributed by atoms with van der Waals surface area (Å²) < 4.78 is 5.29. The number of imide groups is 1. The van der Waals surface area contributed by atoms with Crippen molar-refractivity contribution < 1.29 is 23.6 Å². The second-order valence-corrected chi connectivity index (χ2v) is 9.09. The van der Waals surface area contributed by atoms with Gasteiger partial charge in [-0.25, -0.2) is 4.79 Å². The zero-order chi connectivity index (χ0) is 21.6. The molecule has 1 aromatic heterocycles. The molecule has 2 atom stereocenters. The SMILES string of the molecule is Cc1cc(C(=O)NNC(=O)CN2C(=O)N[C@@]3(C[C@H](C)CC(C)(C)C3)C2=O)c(C)o1. The first-order chi connectivity index (χ1) is 13.4. The molecule has 5 amide bonds. The maximum absolute atomic E-state index is 13.0. The summed E-state index contributed by atoms with van der Waals surface area (Å²) in [6.45, 7) is 9.10. The Morgan fingerprint density at radius 1 is 1.24 bits per heavy atom. The molecule has 2 heterocycles. The summed E-state index contributed by atoms with van der Waals surface area (Å²) in [6.07, 6.45) is 2.05. The number of nitrogens with one attached hydrogen (secondary N) is 3. The molecule has 158 valence electrons. The van der Waals surface area contributed by atoms with Crippen LogP contribution in [0, 0.1) is 25.2 Å². The number of aryl methyl sites for hydroxylation is 2. The highest BCUT2D eigenvalue weighted by molar-refractivity contribution is 6.09. The normalized spacial score (nSPS) is 25.8. The van der Waals surface area contributed by atoms with Crippen LogP contribution in [0.25, 0.3) is 0 Å². The van der Waals surface area contributed by atoms with Gasteiger partial charge in [0, 0.05) is 0 Å². The van der Waals surface area contributed by atoms with Gasteiger partial charge < -0.3 is 9.73 Å². The molecule has 1 aromatic rings. The fraction of sp³-hybridized carbons (Fsp3) is 0.600. The minimum absolute atomic E-state index is 0.0898. The lowest BCUT2D eigenvalue weighted by atomic mass is 9.64. The van der Waals surface area contributed by atoms with Crippen LogP contribution in [-0.2, 0) is 9.59 Å². The van der Waals surface area contributed by atoms with Gasteiger partial charge in [-0.1, -0.05) is 20.8 Å². The van der Waals surface area contributed by atoms with Gasteiger partial charge in [0.25, 0.3) is 17.7 Å². The Balaban J connectivity index is 1.62. The fourth-order valence-corrected chi connectivity index (χ4v) is 4.88. The molecule has 2 fully saturated rings. The summed E-state index contributed by atoms with van der Waals surface area (Å²) in [5.41, 5.74) is 3.77. The van der Waals surface area contributed by atoms with Crippen molar-refractivity contribution >= 4 is 23.8 Å². The van der Waals surface area contributed by atoms with Crippen molar-refractivity contribution in [2.24, 2.45) is 11.3 Å². The van der Waals surface area contributed by atoms with Gasteiger partial charge >= 0.3 is 6.03 Å². The quantitative estimate of drug-likeness (QED) is 0.524. The molecule has 3 rings (SSSR count). The van der Waals surface area contributed by atoms with Crippen molar-refractivity contribution in [3.63, 3.8) is 0 Å². The number of nitrogens with zero attached hydrogens (tertiary/aromatic N) is 1. The number of urea groups is 1. The number of hydrazine groups is 1. The molecule has 0 radical (unpaired) electrons. The third kappa shape index (κ3) is 4.13. The number of amides is 5. The van der Waals surface area contributed by atoms with E-state index in [0.29, 0.717) is 29.9 Å². The molecule has 1 saturated heterocycles. The lowest BCUT2D eigenvalue weighted by molar-refractivity contribution is -0.137. The lowest BCUT2D eigenvalue weighted by Crippen LogP contribution is -2.54. The highest BCUT2D eigenvalue weighted by atomic mass is 16.3. The van der Waals surface area contributed by atoms with Crippen LogP contribution >= 0.6 is 0 Å². The zero-order valence-corrected chi connectivity index (χ0v) is 17.5. The van der Waals surface area contributed by atoms with Gasteiger partial charge in [0.15, 0.2) is 0 Å². The van der Waals surface area contributed by atoms with Crippen LogP contribution in [0.1, 0.15) is 61.9 Å². The highest BCUT2D eigenvalue weighted by Gasteiger charge is 2.56. The van der Waals surface area contributed by atoms with Gasteiger partial charge in [-0.2, -0.15) is 0 Å². The summed E-state index contributed by atoms with van der Waals surface area (Å²) in [5, 5.41) is 2.82. The summed E-state index contributed by atoms with van der Waals surface area (Å²) in [7, 11) is 0. The van der Waals surface area contributed by atoms with E-state index in [4.69, 9.17) is 4.42 Å². The number of hydrogen-bond donors (Lipinski definition) is 3. The van der Waals surface area contributed by atoms with Crippen LogP contribution in [0.15, 0.2) is 10.5 Å². The van der Waals surface area contributed by atoms with E-state index in [9.17, 15) is 19.2 Å². The first kappa shape index (κ1) is 20.9. The Bertz CT molecular complexity index is 874. The molecule has 1 aliphatic heterocycles. The Kier molecular flexibility index (Phi) is 5.19. The molecule has 1 saturated carbocycles. The van der Waals surface area contributed by atoms with Crippen LogP contribution in [0.2, 0.25) is 0 Å². The monoisotopic (exact) mass is 404 g/mol. The van der Waals surface area contributed by atoms with E-state index in [0.717, 1.165) is 11.3 Å². The molecule has 2 aliphatic rings. The maximum atomic E-state index is 13.0. The fourth-order valence-electron chi connectivity index (χ4n) is 4.88. The third-order valence-corrected chi connectivity index (χ3v) is 5.53. The van der Waals surface area contributed by atoms with Crippen LogP contribution in [0.5, 0.6) is 0 Å². The number of carbonyl (C=O) groups excluding carboxylic acids is 4. The molecule has 29 heavy (non-hydrogen) atoms. The van der Waals surface area contributed by atoms with Gasteiger partial charge in [0.1, 0.15) is 23.6 Å². The van der Waals surface area contributed by atoms with Gasteiger partial charge in [0.05, 0.1) is 5.56 Å². The summed E-state index contributed by atoms with van der Waals surface area (Å²) >= 11 is 0. The molecule has 0 unspecified atom stereocenters. The molecule has 0 aromatic carbocycles. The minimum Gasteiger partial charge on any atom is -0.466 e. The van der Waals surface area contributed by atoms with Crippen molar-refractivity contribution in [1.82, 2.24) is 21.1 Å². The van der Waals surface area contributed by atoms with Crippen LogP contribution < -0.4 is 16.2 Å². The minimum atomic E-state index is -0.965. The second kappa shape index (κ2) is 7.20. The Morgan fingerprint density at radius 2 is 1.93 bits per heavy atom. The van der Waals surface area contributed by atoms with Crippen molar-refractivity contribution in [2.45, 2.75) is 59.4 Å². The zero-order valence-electron chi connectivity index (χ0n) is 17.5. The molecule has 1 aliphatic carbocycles. The van der Waals surface area contributed by atoms with E-state index < -0.39 is 29.9 Å². The van der Waals surface area contributed by atoms with Crippen LogP contribution in [0.3, 0.4) is 0 Å². The predicted molar refractivity (Wildman–Crippen MR) is 104 cm³/mol. The average Bonchev–Trinajstić information content (AvgIpc) is 3.02. The maximum Gasteiger partial charge on any atom is 0.325 e. The van der Waals surface area contributed by atoms with E-state index in [2.05, 4.69) is 36.9 Å². The Hall–Kier alpha value is -2.84. The van der Waals surface area contributed by atoms with Crippen molar-refractivity contribution in [2.75, 3.05) is 6.54 Å². The van der Waals surface area contributed by atoms with Crippen molar-refractivity contribution in [3.8, 4) is 0 Å². The first-order valence-electron chi connectivity index (χ1n) is 9.73. The topological polar surface area (TPSA) is 121 Å².